The average Bonchev–Trinajstić information content (AvgIpc) is 2.85. The molecule has 9 heteroatoms. The highest BCUT2D eigenvalue weighted by atomic mass is 19.4. The fourth-order valence-electron chi connectivity index (χ4n) is 1.01. The molecule has 6 nitrogen and oxygen atoms in total. The Morgan fingerprint density at radius 3 is 2.76 bits per heavy atom. The third kappa shape index (κ3) is 2.44. The van der Waals surface area contributed by atoms with E-state index < -0.39 is 23.9 Å². The van der Waals surface area contributed by atoms with E-state index in [9.17, 15) is 18.0 Å². The first kappa shape index (κ1) is 11.2. The molecule has 17 heavy (non-hydrogen) atoms. The smallest absolute Gasteiger partial charge is 0.451 e. The lowest BCUT2D eigenvalue weighted by Crippen LogP contribution is -2.12. The number of furan rings is 1. The average molecular weight is 246 g/mol. The molecular formula is C8H5F3N4O2. The predicted octanol–water partition coefficient (Wildman–Crippen LogP) is 1.67. The number of carbonyl (C=O) groups excluding carboxylic acids is 1. The van der Waals surface area contributed by atoms with Crippen molar-refractivity contribution >= 4 is 11.9 Å². The van der Waals surface area contributed by atoms with E-state index in [-0.39, 0.29) is 5.56 Å². The topological polar surface area (TPSA) is 83.8 Å². The van der Waals surface area contributed by atoms with Gasteiger partial charge in [0.15, 0.2) is 0 Å². The van der Waals surface area contributed by atoms with Crippen molar-refractivity contribution in [2.45, 2.75) is 6.18 Å². The van der Waals surface area contributed by atoms with Crippen LogP contribution in [-0.2, 0) is 6.18 Å². The molecule has 0 aliphatic heterocycles. The molecule has 0 fully saturated rings. The van der Waals surface area contributed by atoms with Gasteiger partial charge in [0.2, 0.25) is 11.8 Å². The zero-order chi connectivity index (χ0) is 12.5. The number of H-pyrrole nitrogens is 1. The standard InChI is InChI=1S/C8H5F3N4O2/c9-8(10,11)6-13-7(15-14-6)12-5(16)4-1-2-17-3-4/h1-3H,(H2,12,13,14,15,16). The van der Waals surface area contributed by atoms with Crippen molar-refractivity contribution in [3.63, 3.8) is 0 Å². The number of alkyl halides is 3. The molecule has 2 heterocycles. The zero-order valence-corrected chi connectivity index (χ0v) is 8.08. The number of aromatic nitrogens is 3. The summed E-state index contributed by atoms with van der Waals surface area (Å²) >= 11 is 0. The van der Waals surface area contributed by atoms with Gasteiger partial charge < -0.3 is 4.42 Å². The van der Waals surface area contributed by atoms with Gasteiger partial charge in [-0.3, -0.25) is 15.2 Å². The molecule has 0 radical (unpaired) electrons. The van der Waals surface area contributed by atoms with Gasteiger partial charge >= 0.3 is 6.18 Å². The minimum absolute atomic E-state index is 0.156. The lowest BCUT2D eigenvalue weighted by Gasteiger charge is -1.99. The molecule has 2 rings (SSSR count). The number of hydrogen-bond acceptors (Lipinski definition) is 4. The Bertz CT molecular complexity index is 517. The predicted molar refractivity (Wildman–Crippen MR) is 48.0 cm³/mol. The Balaban J connectivity index is 2.10. The molecule has 2 N–H and O–H groups in total. The molecule has 2 aromatic heterocycles. The summed E-state index contributed by atoms with van der Waals surface area (Å²) in [6.07, 6.45) is -2.23. The van der Waals surface area contributed by atoms with Gasteiger partial charge in [-0.05, 0) is 6.07 Å². The van der Waals surface area contributed by atoms with Crippen LogP contribution in [0.2, 0.25) is 0 Å². The van der Waals surface area contributed by atoms with Crippen molar-refractivity contribution in [1.29, 1.82) is 0 Å². The maximum Gasteiger partial charge on any atom is 0.451 e. The Labute approximate surface area is 91.8 Å². The lowest BCUT2D eigenvalue weighted by atomic mass is 10.3. The molecule has 0 saturated heterocycles. The number of nitrogens with one attached hydrogen (secondary N) is 2. The molecule has 0 aromatic carbocycles. The van der Waals surface area contributed by atoms with E-state index in [4.69, 9.17) is 0 Å². The van der Waals surface area contributed by atoms with Crippen LogP contribution in [0.1, 0.15) is 16.2 Å². The summed E-state index contributed by atoms with van der Waals surface area (Å²) in [5.41, 5.74) is 0.156. The van der Waals surface area contributed by atoms with E-state index in [0.717, 1.165) is 6.26 Å². The Morgan fingerprint density at radius 1 is 1.47 bits per heavy atom. The van der Waals surface area contributed by atoms with Gasteiger partial charge in [-0.25, -0.2) is 0 Å². The molecular weight excluding hydrogens is 241 g/mol. The number of anilines is 1. The molecule has 0 bridgehead atoms. The van der Waals surface area contributed by atoms with Crippen LogP contribution in [0, 0.1) is 0 Å². The molecule has 90 valence electrons. The molecule has 0 unspecified atom stereocenters. The van der Waals surface area contributed by atoms with E-state index in [1.54, 1.807) is 5.10 Å². The number of nitrogens with zero attached hydrogens (tertiary/aromatic N) is 2. The first-order valence-corrected chi connectivity index (χ1v) is 4.30. The summed E-state index contributed by atoms with van der Waals surface area (Å²) in [5.74, 6) is -2.39. The first-order valence-electron chi connectivity index (χ1n) is 4.30. The molecule has 0 spiro atoms. The highest BCUT2D eigenvalue weighted by Gasteiger charge is 2.35. The van der Waals surface area contributed by atoms with Crippen molar-refractivity contribution in [2.75, 3.05) is 5.32 Å². The Hall–Kier alpha value is -2.32. The van der Waals surface area contributed by atoms with Crippen molar-refractivity contribution in [3.05, 3.63) is 30.0 Å². The van der Waals surface area contributed by atoms with Crippen molar-refractivity contribution < 1.29 is 22.4 Å². The van der Waals surface area contributed by atoms with Gasteiger partial charge in [0.05, 0.1) is 11.8 Å². The fraction of sp³-hybridized carbons (Fsp3) is 0.125. The number of carbonyl (C=O) groups is 1. The Morgan fingerprint density at radius 2 is 2.24 bits per heavy atom. The zero-order valence-electron chi connectivity index (χ0n) is 8.08. The second kappa shape index (κ2) is 3.92. The summed E-state index contributed by atoms with van der Waals surface area (Å²) < 4.78 is 41.1. The largest absolute Gasteiger partial charge is 0.472 e. The molecule has 0 atom stereocenters. The fourth-order valence-corrected chi connectivity index (χ4v) is 1.01. The number of amides is 1. The molecule has 0 saturated carbocycles. The minimum Gasteiger partial charge on any atom is -0.472 e. The van der Waals surface area contributed by atoms with Gasteiger partial charge in [-0.15, -0.1) is 5.10 Å². The molecule has 2 aromatic rings. The second-order valence-corrected chi connectivity index (χ2v) is 2.97. The number of hydrogen-bond donors (Lipinski definition) is 2. The van der Waals surface area contributed by atoms with Gasteiger partial charge in [0.25, 0.3) is 5.91 Å². The maximum absolute atomic E-state index is 12.2. The maximum atomic E-state index is 12.2. The summed E-state index contributed by atoms with van der Waals surface area (Å²) in [5, 5.41) is 6.97. The first-order chi connectivity index (χ1) is 7.97. The lowest BCUT2D eigenvalue weighted by molar-refractivity contribution is -0.144. The van der Waals surface area contributed by atoms with Crippen LogP contribution in [0.5, 0.6) is 0 Å². The number of aromatic amines is 1. The van der Waals surface area contributed by atoms with Crippen LogP contribution in [-0.4, -0.2) is 21.1 Å². The highest BCUT2D eigenvalue weighted by Crippen LogP contribution is 2.26. The van der Waals surface area contributed by atoms with Crippen LogP contribution >= 0.6 is 0 Å². The van der Waals surface area contributed by atoms with E-state index >= 15 is 0 Å². The molecule has 0 aliphatic rings. The SMILES string of the molecule is O=C(Nc1n[nH]c(C(F)(F)F)n1)c1ccoc1. The van der Waals surface area contributed by atoms with Gasteiger partial charge in [0, 0.05) is 0 Å². The van der Waals surface area contributed by atoms with Crippen LogP contribution in [0.25, 0.3) is 0 Å². The van der Waals surface area contributed by atoms with Crippen LogP contribution in [0.15, 0.2) is 23.0 Å². The monoisotopic (exact) mass is 246 g/mol. The second-order valence-electron chi connectivity index (χ2n) is 2.97. The molecule has 1 amide bonds. The Kier molecular flexibility index (Phi) is 2.58. The van der Waals surface area contributed by atoms with Crippen LogP contribution in [0.4, 0.5) is 19.1 Å². The minimum atomic E-state index is -4.63. The third-order valence-electron chi connectivity index (χ3n) is 1.76. The van der Waals surface area contributed by atoms with E-state index in [0.29, 0.717) is 0 Å². The van der Waals surface area contributed by atoms with Gasteiger partial charge in [-0.1, -0.05) is 0 Å². The van der Waals surface area contributed by atoms with E-state index in [1.165, 1.54) is 12.3 Å². The van der Waals surface area contributed by atoms with Crippen molar-refractivity contribution in [3.8, 4) is 0 Å². The summed E-state index contributed by atoms with van der Waals surface area (Å²) in [6.45, 7) is 0. The van der Waals surface area contributed by atoms with Crippen LogP contribution < -0.4 is 5.32 Å². The summed E-state index contributed by atoms with van der Waals surface area (Å²) in [4.78, 5) is 14.5. The molecule has 0 aliphatic carbocycles. The quantitative estimate of drug-likeness (QED) is 0.844. The van der Waals surface area contributed by atoms with E-state index in [2.05, 4.69) is 19.8 Å². The number of halogens is 3. The number of rotatable bonds is 2. The van der Waals surface area contributed by atoms with Crippen molar-refractivity contribution in [1.82, 2.24) is 15.2 Å². The van der Waals surface area contributed by atoms with Crippen LogP contribution in [0.3, 0.4) is 0 Å². The van der Waals surface area contributed by atoms with Crippen molar-refractivity contribution in [2.24, 2.45) is 0 Å². The normalized spacial score (nSPS) is 11.5. The summed E-state index contributed by atoms with van der Waals surface area (Å²) in [6, 6.07) is 1.35. The third-order valence-corrected chi connectivity index (χ3v) is 1.76. The van der Waals surface area contributed by atoms with Gasteiger partial charge in [0.1, 0.15) is 6.26 Å². The highest BCUT2D eigenvalue weighted by molar-refractivity contribution is 6.02. The van der Waals surface area contributed by atoms with Gasteiger partial charge in [-0.2, -0.15) is 18.2 Å². The summed E-state index contributed by atoms with van der Waals surface area (Å²) in [7, 11) is 0. The van der Waals surface area contributed by atoms with E-state index in [1.807, 2.05) is 0 Å².